The average molecular weight is 462 g/mol. The summed E-state index contributed by atoms with van der Waals surface area (Å²) in [6, 6.07) is -0.136. The number of anilines is 1. The molecule has 2 rings (SSSR count). The molecule has 1 unspecified atom stereocenters. The molecule has 0 radical (unpaired) electrons. The van der Waals surface area contributed by atoms with Gasteiger partial charge in [-0.05, 0) is 30.1 Å². The summed E-state index contributed by atoms with van der Waals surface area (Å²) in [7, 11) is 0. The topological polar surface area (TPSA) is 164 Å². The van der Waals surface area contributed by atoms with E-state index in [1.54, 1.807) is 0 Å². The fraction of sp³-hybridized carbons (Fsp3) is 0.294. The molecule has 6 N–H and O–H groups in total. The Bertz CT molecular complexity index is 1020. The molecule has 10 nitrogen and oxygen atoms in total. The van der Waals surface area contributed by atoms with Gasteiger partial charge >= 0.3 is 12.0 Å². The van der Waals surface area contributed by atoms with Gasteiger partial charge in [0.1, 0.15) is 23.0 Å². The average Bonchev–Trinajstić information content (AvgIpc) is 3.06. The van der Waals surface area contributed by atoms with Crippen LogP contribution in [0.5, 0.6) is 5.88 Å². The number of carboxylic acids is 1. The summed E-state index contributed by atoms with van der Waals surface area (Å²) in [6.45, 7) is -0.0307. The van der Waals surface area contributed by atoms with Gasteiger partial charge in [-0.15, -0.1) is 0 Å². The highest BCUT2D eigenvalue weighted by atomic mass is 32.1. The molecule has 0 aliphatic heterocycles. The molecule has 1 aromatic carbocycles. The van der Waals surface area contributed by atoms with Crippen LogP contribution in [0.1, 0.15) is 27.9 Å². The third-order valence-electron chi connectivity index (χ3n) is 3.83. The van der Waals surface area contributed by atoms with Crippen LogP contribution in [-0.2, 0) is 11.4 Å². The normalized spacial score (nSPS) is 11.6. The van der Waals surface area contributed by atoms with Crippen molar-refractivity contribution in [3.63, 3.8) is 0 Å². The maximum Gasteiger partial charge on any atom is 0.320 e. The number of nitrogens with zero attached hydrogens (tertiary/aromatic N) is 1. The number of hydrogen-bond donors (Lipinski definition) is 5. The van der Waals surface area contributed by atoms with Gasteiger partial charge in [0.2, 0.25) is 5.88 Å². The number of aliphatic hydroxyl groups is 1. The predicted octanol–water partition coefficient (Wildman–Crippen LogP) is 1.50. The van der Waals surface area contributed by atoms with Crippen LogP contribution in [0.25, 0.3) is 0 Å². The molecule has 168 valence electrons. The molecule has 0 spiro atoms. The Hall–Kier alpha value is -3.39. The van der Waals surface area contributed by atoms with Crippen LogP contribution in [0.3, 0.4) is 0 Å². The van der Waals surface area contributed by atoms with E-state index in [4.69, 9.17) is 15.6 Å². The number of rotatable bonds is 9. The predicted molar refractivity (Wildman–Crippen MR) is 101 cm³/mol. The van der Waals surface area contributed by atoms with Gasteiger partial charge in [-0.2, -0.15) is 4.37 Å². The van der Waals surface area contributed by atoms with Crippen LogP contribution in [0, 0.1) is 24.4 Å². The number of hydrogen-bond acceptors (Lipinski definition) is 7. The van der Waals surface area contributed by atoms with Gasteiger partial charge in [-0.25, -0.2) is 18.0 Å². The standard InChI is InChI=1S/C17H17F3N4O6S/c1-6-2-9(18)8(13(20)12(6)19)5-30-15-11(14(21)28)16(31-24-15)23-17(29)22-4-7(25)3-10(26)27/h2,7,25H,3-5H2,1H3,(H2,21,28)(H,26,27)(H2,22,23,29). The number of aliphatic hydroxyl groups excluding tert-OH is 1. The first kappa shape index (κ1) is 23.9. The number of halogens is 3. The number of aromatic nitrogens is 1. The molecule has 1 atom stereocenters. The number of nitrogens with one attached hydrogen (secondary N) is 2. The third kappa shape index (κ3) is 6.05. The number of urea groups is 1. The number of carbonyl (C=O) groups excluding carboxylic acids is 2. The summed E-state index contributed by atoms with van der Waals surface area (Å²) >= 11 is 0.561. The quantitative estimate of drug-likeness (QED) is 0.353. The smallest absolute Gasteiger partial charge is 0.320 e. The first-order chi connectivity index (χ1) is 14.5. The van der Waals surface area contributed by atoms with Crippen molar-refractivity contribution in [3.8, 4) is 5.88 Å². The minimum absolute atomic E-state index is 0.177. The van der Waals surface area contributed by atoms with Gasteiger partial charge in [0.05, 0.1) is 18.1 Å². The van der Waals surface area contributed by atoms with Crippen LogP contribution < -0.4 is 21.1 Å². The maximum atomic E-state index is 14.0. The zero-order valence-electron chi connectivity index (χ0n) is 15.9. The number of benzene rings is 1. The zero-order valence-corrected chi connectivity index (χ0v) is 16.7. The van der Waals surface area contributed by atoms with E-state index in [2.05, 4.69) is 15.0 Å². The van der Waals surface area contributed by atoms with Crippen molar-refractivity contribution < 1.29 is 42.5 Å². The lowest BCUT2D eigenvalue weighted by molar-refractivity contribution is -0.139. The Morgan fingerprint density at radius 3 is 2.58 bits per heavy atom. The van der Waals surface area contributed by atoms with Gasteiger partial charge in [-0.3, -0.25) is 14.9 Å². The molecule has 2 aromatic rings. The molecule has 1 aromatic heterocycles. The molecular weight excluding hydrogens is 445 g/mol. The van der Waals surface area contributed by atoms with E-state index in [0.717, 1.165) is 6.07 Å². The van der Waals surface area contributed by atoms with Crippen molar-refractivity contribution in [3.05, 3.63) is 40.2 Å². The highest BCUT2D eigenvalue weighted by Crippen LogP contribution is 2.31. The molecule has 0 fully saturated rings. The minimum Gasteiger partial charge on any atom is -0.481 e. The second-order valence-corrected chi connectivity index (χ2v) is 6.99. The van der Waals surface area contributed by atoms with Crippen LogP contribution >= 0.6 is 11.5 Å². The lowest BCUT2D eigenvalue weighted by Crippen LogP contribution is -2.36. The van der Waals surface area contributed by atoms with E-state index >= 15 is 0 Å². The van der Waals surface area contributed by atoms with Gasteiger partial charge in [-0.1, -0.05) is 0 Å². The highest BCUT2D eigenvalue weighted by Gasteiger charge is 2.24. The van der Waals surface area contributed by atoms with Crippen molar-refractivity contribution in [2.45, 2.75) is 26.1 Å². The van der Waals surface area contributed by atoms with Crippen LogP contribution in [0.2, 0.25) is 0 Å². The number of aryl methyl sites for hydroxylation is 1. The molecular formula is C17H17F3N4O6S. The van der Waals surface area contributed by atoms with Gasteiger partial charge in [0.25, 0.3) is 5.91 Å². The van der Waals surface area contributed by atoms with E-state index in [-0.39, 0.29) is 10.6 Å². The number of carboxylic acid groups (broad SMARTS) is 1. The largest absolute Gasteiger partial charge is 0.481 e. The summed E-state index contributed by atoms with van der Waals surface area (Å²) in [5.74, 6) is -6.57. The van der Waals surface area contributed by atoms with Gasteiger partial charge in [0, 0.05) is 6.54 Å². The number of primary amides is 1. The molecule has 0 saturated heterocycles. The van der Waals surface area contributed by atoms with Crippen LogP contribution in [0.4, 0.5) is 23.0 Å². The number of nitrogens with two attached hydrogens (primary N) is 1. The minimum atomic E-state index is -1.45. The Balaban J connectivity index is 2.11. The highest BCUT2D eigenvalue weighted by molar-refractivity contribution is 7.11. The summed E-state index contributed by atoms with van der Waals surface area (Å²) in [5, 5.41) is 22.2. The van der Waals surface area contributed by atoms with Crippen LogP contribution in [-0.4, -0.2) is 45.1 Å². The first-order valence-electron chi connectivity index (χ1n) is 8.51. The molecule has 0 aliphatic rings. The molecule has 0 saturated carbocycles. The summed E-state index contributed by atoms with van der Waals surface area (Å²) < 4.78 is 50.4. The fourth-order valence-electron chi connectivity index (χ4n) is 2.33. The number of carbonyl (C=O) groups is 3. The van der Waals surface area contributed by atoms with Crippen molar-refractivity contribution in [2.75, 3.05) is 11.9 Å². The Kier molecular flexibility index (Phi) is 7.77. The molecule has 31 heavy (non-hydrogen) atoms. The van der Waals surface area contributed by atoms with E-state index in [9.17, 15) is 32.7 Å². The first-order valence-corrected chi connectivity index (χ1v) is 9.28. The Labute approximate surface area is 177 Å². The van der Waals surface area contributed by atoms with E-state index < -0.39 is 78.0 Å². The fourth-order valence-corrected chi connectivity index (χ4v) is 3.07. The second kappa shape index (κ2) is 10.1. The summed E-state index contributed by atoms with van der Waals surface area (Å²) in [4.78, 5) is 34.1. The van der Waals surface area contributed by atoms with Gasteiger partial charge < -0.3 is 26.0 Å². The number of ether oxygens (including phenoxy) is 1. The molecule has 1 heterocycles. The van der Waals surface area contributed by atoms with E-state index in [0.29, 0.717) is 11.5 Å². The zero-order chi connectivity index (χ0) is 23.3. The van der Waals surface area contributed by atoms with Gasteiger partial charge in [0.15, 0.2) is 11.6 Å². The lowest BCUT2D eigenvalue weighted by Gasteiger charge is -2.11. The monoisotopic (exact) mass is 462 g/mol. The second-order valence-electron chi connectivity index (χ2n) is 6.21. The van der Waals surface area contributed by atoms with Crippen molar-refractivity contribution in [1.82, 2.24) is 9.69 Å². The van der Waals surface area contributed by atoms with Crippen molar-refractivity contribution in [2.24, 2.45) is 5.73 Å². The molecule has 3 amide bonds. The maximum absolute atomic E-state index is 14.0. The van der Waals surface area contributed by atoms with Crippen molar-refractivity contribution >= 4 is 34.4 Å². The third-order valence-corrected chi connectivity index (χ3v) is 4.58. The van der Waals surface area contributed by atoms with Crippen LogP contribution in [0.15, 0.2) is 6.07 Å². The van der Waals surface area contributed by atoms with E-state index in [1.165, 1.54) is 6.92 Å². The number of amides is 3. The molecule has 14 heteroatoms. The Morgan fingerprint density at radius 2 is 1.97 bits per heavy atom. The summed E-state index contributed by atoms with van der Waals surface area (Å²) in [6.07, 6.45) is -1.95. The number of aliphatic carboxylic acids is 1. The van der Waals surface area contributed by atoms with E-state index in [1.807, 2.05) is 0 Å². The molecule has 0 aliphatic carbocycles. The SMILES string of the molecule is Cc1cc(F)c(COc2nsc(NC(=O)NCC(O)CC(=O)O)c2C(N)=O)c(F)c1F. The molecule has 0 bridgehead atoms. The van der Waals surface area contributed by atoms with Crippen molar-refractivity contribution in [1.29, 1.82) is 0 Å². The lowest BCUT2D eigenvalue weighted by atomic mass is 10.1. The summed E-state index contributed by atoms with van der Waals surface area (Å²) in [5.41, 5.74) is 3.87. The Morgan fingerprint density at radius 1 is 1.29 bits per heavy atom.